The molecule has 1 aromatic carbocycles. The van der Waals surface area contributed by atoms with Crippen LogP contribution in [0.25, 0.3) is 0 Å². The third-order valence-corrected chi connectivity index (χ3v) is 3.15. The minimum Gasteiger partial charge on any atom is -0.494 e. The van der Waals surface area contributed by atoms with Crippen LogP contribution in [0, 0.1) is 13.8 Å². The van der Waals surface area contributed by atoms with Crippen LogP contribution in [0.1, 0.15) is 30.4 Å². The van der Waals surface area contributed by atoms with Crippen LogP contribution in [0.4, 0.5) is 5.69 Å². The lowest BCUT2D eigenvalue weighted by atomic mass is 10.1. The Morgan fingerprint density at radius 3 is 2.58 bits per heavy atom. The van der Waals surface area contributed by atoms with Crippen molar-refractivity contribution in [1.29, 1.82) is 0 Å². The van der Waals surface area contributed by atoms with Crippen molar-refractivity contribution in [2.45, 2.75) is 33.1 Å². The monoisotopic (exact) mass is 265 g/mol. The van der Waals surface area contributed by atoms with Gasteiger partial charge in [0.15, 0.2) is 0 Å². The Morgan fingerprint density at radius 1 is 1.32 bits per heavy atom. The molecule has 0 heterocycles. The van der Waals surface area contributed by atoms with Crippen LogP contribution in [0.3, 0.4) is 0 Å². The van der Waals surface area contributed by atoms with Crippen molar-refractivity contribution < 1.29 is 14.6 Å². The molecule has 0 spiro atoms. The molecule has 1 rings (SSSR count). The van der Waals surface area contributed by atoms with E-state index in [-0.39, 0.29) is 6.42 Å². The molecule has 4 heteroatoms. The fourth-order valence-electron chi connectivity index (χ4n) is 2.23. The molecular formula is C15H23NO3. The Labute approximate surface area is 115 Å². The number of rotatable bonds is 7. The molecule has 0 bridgehead atoms. The molecule has 0 amide bonds. The minimum atomic E-state index is -0.730. The zero-order valence-corrected chi connectivity index (χ0v) is 12.2. The number of aliphatic carboxylic acids is 1. The molecule has 0 aliphatic carbocycles. The molecule has 1 N–H and O–H groups in total. The Balaban J connectivity index is 2.70. The quantitative estimate of drug-likeness (QED) is 0.770. The molecule has 1 aromatic rings. The number of hydrogen-bond acceptors (Lipinski definition) is 3. The Morgan fingerprint density at radius 2 is 2.00 bits per heavy atom. The van der Waals surface area contributed by atoms with E-state index >= 15 is 0 Å². The molecule has 0 aliphatic rings. The Bertz CT molecular complexity index is 443. The highest BCUT2D eigenvalue weighted by Crippen LogP contribution is 2.32. The van der Waals surface area contributed by atoms with E-state index in [4.69, 9.17) is 9.84 Å². The highest BCUT2D eigenvalue weighted by Gasteiger charge is 2.11. The van der Waals surface area contributed by atoms with E-state index in [1.165, 1.54) is 5.56 Å². The van der Waals surface area contributed by atoms with Gasteiger partial charge in [-0.15, -0.1) is 0 Å². The Kier molecular flexibility index (Phi) is 5.67. The molecule has 0 saturated heterocycles. The molecule has 4 nitrogen and oxygen atoms in total. The molecule has 0 aromatic heterocycles. The van der Waals surface area contributed by atoms with E-state index < -0.39 is 5.97 Å². The number of nitrogens with zero attached hydrogens (tertiary/aromatic N) is 1. The highest BCUT2D eigenvalue weighted by atomic mass is 16.5. The molecule has 106 valence electrons. The maximum atomic E-state index is 10.5. The number of carboxylic acid groups (broad SMARTS) is 1. The zero-order valence-electron chi connectivity index (χ0n) is 12.2. The van der Waals surface area contributed by atoms with E-state index in [0.717, 1.165) is 30.0 Å². The van der Waals surface area contributed by atoms with Gasteiger partial charge in [0.05, 0.1) is 12.8 Å². The predicted octanol–water partition coefficient (Wildman–Crippen LogP) is 3.00. The molecule has 0 fully saturated rings. The van der Waals surface area contributed by atoms with Gasteiger partial charge >= 0.3 is 5.97 Å². The third-order valence-electron chi connectivity index (χ3n) is 3.15. The molecule has 0 unspecified atom stereocenters. The molecule has 0 radical (unpaired) electrons. The van der Waals surface area contributed by atoms with Gasteiger partial charge in [0.1, 0.15) is 5.75 Å². The van der Waals surface area contributed by atoms with Crippen molar-refractivity contribution in [3.05, 3.63) is 23.3 Å². The predicted molar refractivity (Wildman–Crippen MR) is 77.2 cm³/mol. The second-order valence-corrected chi connectivity index (χ2v) is 4.91. The first-order chi connectivity index (χ1) is 8.95. The first-order valence-electron chi connectivity index (χ1n) is 6.54. The first kappa shape index (κ1) is 15.3. The standard InChI is InChI=1S/C15H23NO3/c1-11-9-12(2)15(19-4)13(10-11)16(3)8-6-5-7-14(17)18/h9-10H,5-8H2,1-4H3,(H,17,18). The number of methoxy groups -OCH3 is 1. The number of carboxylic acids is 1. The lowest BCUT2D eigenvalue weighted by molar-refractivity contribution is -0.137. The summed E-state index contributed by atoms with van der Waals surface area (Å²) in [7, 11) is 3.69. The molecular weight excluding hydrogens is 242 g/mol. The van der Waals surface area contributed by atoms with Crippen LogP contribution in [0.15, 0.2) is 12.1 Å². The summed E-state index contributed by atoms with van der Waals surface area (Å²) < 4.78 is 5.46. The molecule has 19 heavy (non-hydrogen) atoms. The summed E-state index contributed by atoms with van der Waals surface area (Å²) in [5.41, 5.74) is 3.39. The summed E-state index contributed by atoms with van der Waals surface area (Å²) in [6.45, 7) is 4.92. The van der Waals surface area contributed by atoms with Gasteiger partial charge in [-0.2, -0.15) is 0 Å². The number of ether oxygens (including phenoxy) is 1. The Hall–Kier alpha value is -1.71. The van der Waals surface area contributed by atoms with Crippen LogP contribution in [0.2, 0.25) is 0 Å². The van der Waals surface area contributed by atoms with Crippen LogP contribution in [-0.4, -0.2) is 31.8 Å². The topological polar surface area (TPSA) is 49.8 Å². The van der Waals surface area contributed by atoms with E-state index in [2.05, 4.69) is 24.0 Å². The lowest BCUT2D eigenvalue weighted by Crippen LogP contribution is -2.20. The first-order valence-corrected chi connectivity index (χ1v) is 6.54. The minimum absolute atomic E-state index is 0.234. The van der Waals surface area contributed by atoms with E-state index in [1.54, 1.807) is 7.11 Å². The van der Waals surface area contributed by atoms with E-state index in [9.17, 15) is 4.79 Å². The van der Waals surface area contributed by atoms with Gasteiger partial charge < -0.3 is 14.7 Å². The summed E-state index contributed by atoms with van der Waals surface area (Å²) in [6.07, 6.45) is 1.80. The largest absolute Gasteiger partial charge is 0.494 e. The normalized spacial score (nSPS) is 10.3. The third kappa shape index (κ3) is 4.47. The summed E-state index contributed by atoms with van der Waals surface area (Å²) in [5, 5.41) is 8.62. The van der Waals surface area contributed by atoms with Gasteiger partial charge in [-0.1, -0.05) is 6.07 Å². The number of aryl methyl sites for hydroxylation is 2. The fourth-order valence-corrected chi connectivity index (χ4v) is 2.23. The number of unbranched alkanes of at least 4 members (excludes halogenated alkanes) is 1. The molecule has 0 aliphatic heterocycles. The van der Waals surface area contributed by atoms with Crippen molar-refractivity contribution >= 4 is 11.7 Å². The summed E-state index contributed by atoms with van der Waals surface area (Å²) in [5.74, 6) is 0.165. The lowest BCUT2D eigenvalue weighted by Gasteiger charge is -2.23. The number of hydrogen-bond donors (Lipinski definition) is 1. The van der Waals surface area contributed by atoms with Gasteiger partial charge in [-0.3, -0.25) is 4.79 Å². The maximum Gasteiger partial charge on any atom is 0.303 e. The van der Waals surface area contributed by atoms with Gasteiger partial charge in [0.25, 0.3) is 0 Å². The van der Waals surface area contributed by atoms with Crippen molar-refractivity contribution in [3.63, 3.8) is 0 Å². The SMILES string of the molecule is COc1c(C)cc(C)cc1N(C)CCCCC(=O)O. The summed E-state index contributed by atoms with van der Waals surface area (Å²) >= 11 is 0. The summed E-state index contributed by atoms with van der Waals surface area (Å²) in [6, 6.07) is 4.20. The van der Waals surface area contributed by atoms with Gasteiger partial charge in [-0.05, 0) is 43.9 Å². The second-order valence-electron chi connectivity index (χ2n) is 4.91. The van der Waals surface area contributed by atoms with Crippen molar-refractivity contribution in [2.24, 2.45) is 0 Å². The van der Waals surface area contributed by atoms with Crippen LogP contribution in [0.5, 0.6) is 5.75 Å². The molecule has 0 saturated carbocycles. The van der Waals surface area contributed by atoms with Crippen LogP contribution >= 0.6 is 0 Å². The fraction of sp³-hybridized carbons (Fsp3) is 0.533. The highest BCUT2D eigenvalue weighted by molar-refractivity contribution is 5.66. The maximum absolute atomic E-state index is 10.5. The average molecular weight is 265 g/mol. The van der Waals surface area contributed by atoms with Crippen LogP contribution in [-0.2, 0) is 4.79 Å². The number of anilines is 1. The van der Waals surface area contributed by atoms with Crippen molar-refractivity contribution in [2.75, 3.05) is 25.6 Å². The second kappa shape index (κ2) is 7.02. The summed E-state index contributed by atoms with van der Waals surface area (Å²) in [4.78, 5) is 12.6. The number of benzene rings is 1. The van der Waals surface area contributed by atoms with E-state index in [1.807, 2.05) is 14.0 Å². The average Bonchev–Trinajstić information content (AvgIpc) is 2.33. The van der Waals surface area contributed by atoms with Crippen LogP contribution < -0.4 is 9.64 Å². The van der Waals surface area contributed by atoms with Gasteiger partial charge in [0, 0.05) is 20.0 Å². The van der Waals surface area contributed by atoms with E-state index in [0.29, 0.717) is 6.42 Å². The number of carbonyl (C=O) groups is 1. The molecule has 0 atom stereocenters. The van der Waals surface area contributed by atoms with Gasteiger partial charge in [0.2, 0.25) is 0 Å². The van der Waals surface area contributed by atoms with Gasteiger partial charge in [-0.25, -0.2) is 0 Å². The zero-order chi connectivity index (χ0) is 14.4. The van der Waals surface area contributed by atoms with Crippen molar-refractivity contribution in [1.82, 2.24) is 0 Å². The van der Waals surface area contributed by atoms with Crippen molar-refractivity contribution in [3.8, 4) is 5.75 Å². The smallest absolute Gasteiger partial charge is 0.303 e.